The fraction of sp³-hybridized carbons (Fsp3) is 0.450. The normalized spacial score (nSPS) is 17.4. The molecule has 1 aromatic heterocycles. The first-order valence-electron chi connectivity index (χ1n) is 9.41. The number of rotatable bonds is 4. The van der Waals surface area contributed by atoms with Crippen LogP contribution in [0.1, 0.15) is 55.6 Å². The molecule has 1 aliphatic rings. The highest BCUT2D eigenvalue weighted by Gasteiger charge is 2.28. The Morgan fingerprint density at radius 3 is 2.64 bits per heavy atom. The van der Waals surface area contributed by atoms with Crippen molar-refractivity contribution < 1.29 is 9.59 Å². The Morgan fingerprint density at radius 1 is 1.29 bits per heavy atom. The number of carbonyl (C=O) groups is 2. The lowest BCUT2D eigenvalue weighted by molar-refractivity contribution is 0.0998. The van der Waals surface area contributed by atoms with Crippen LogP contribution in [0, 0.1) is 0 Å². The lowest BCUT2D eigenvalue weighted by Gasteiger charge is -2.32. The Bertz CT molecular complexity index is 841. The van der Waals surface area contributed by atoms with Gasteiger partial charge in [-0.05, 0) is 37.1 Å². The van der Waals surface area contributed by atoms with E-state index in [0.29, 0.717) is 24.3 Å². The van der Waals surface area contributed by atoms with Crippen LogP contribution in [0.15, 0.2) is 35.4 Å². The number of H-pyrrole nitrogens is 1. The standard InChI is InChI=1S/C20H27N5O2S/c1-20(2,3)28-15-8-6-14(7-9-15)23-19(27)25-10-4-5-13(12-25)17-16(18(21)26)11-22-24-17/h6-9,11,13H,4-5,10,12H2,1-3H3,(H2,21,26)(H,22,24)(H,23,27)/t13-/m1/s1. The molecule has 1 aromatic carbocycles. The van der Waals surface area contributed by atoms with Gasteiger partial charge in [0.05, 0.1) is 17.5 Å². The van der Waals surface area contributed by atoms with E-state index in [1.807, 2.05) is 24.3 Å². The van der Waals surface area contributed by atoms with Gasteiger partial charge in [-0.3, -0.25) is 9.89 Å². The smallest absolute Gasteiger partial charge is 0.321 e. The third kappa shape index (κ3) is 5.07. The largest absolute Gasteiger partial charge is 0.365 e. The second kappa shape index (κ2) is 8.26. The van der Waals surface area contributed by atoms with Gasteiger partial charge in [0.1, 0.15) is 0 Å². The van der Waals surface area contributed by atoms with E-state index in [1.165, 1.54) is 11.1 Å². The summed E-state index contributed by atoms with van der Waals surface area (Å²) in [6.07, 6.45) is 3.19. The number of benzene rings is 1. The van der Waals surface area contributed by atoms with Gasteiger partial charge in [0, 0.05) is 34.3 Å². The summed E-state index contributed by atoms with van der Waals surface area (Å²) in [5.74, 6) is -0.478. The van der Waals surface area contributed by atoms with E-state index in [2.05, 4.69) is 36.3 Å². The van der Waals surface area contributed by atoms with E-state index < -0.39 is 5.91 Å². The summed E-state index contributed by atoms with van der Waals surface area (Å²) in [5, 5.41) is 9.79. The van der Waals surface area contributed by atoms with Crippen molar-refractivity contribution in [2.24, 2.45) is 5.73 Å². The predicted octanol–water partition coefficient (Wildman–Crippen LogP) is 3.81. The van der Waals surface area contributed by atoms with E-state index in [0.717, 1.165) is 18.5 Å². The molecule has 3 amide bonds. The van der Waals surface area contributed by atoms with E-state index in [4.69, 9.17) is 5.73 Å². The molecule has 1 atom stereocenters. The summed E-state index contributed by atoms with van der Waals surface area (Å²) in [7, 11) is 0. The monoisotopic (exact) mass is 401 g/mol. The molecular weight excluding hydrogens is 374 g/mol. The molecule has 0 bridgehead atoms. The van der Waals surface area contributed by atoms with Crippen molar-refractivity contribution in [3.8, 4) is 0 Å². The lowest BCUT2D eigenvalue weighted by Crippen LogP contribution is -2.42. The Labute approximate surface area is 169 Å². The molecule has 2 aromatic rings. The van der Waals surface area contributed by atoms with Crippen LogP contribution in [0.25, 0.3) is 0 Å². The van der Waals surface area contributed by atoms with E-state index in [9.17, 15) is 9.59 Å². The fourth-order valence-corrected chi connectivity index (χ4v) is 4.34. The van der Waals surface area contributed by atoms with Crippen molar-refractivity contribution >= 4 is 29.4 Å². The Kier molecular flexibility index (Phi) is 5.98. The lowest BCUT2D eigenvalue weighted by atomic mass is 9.92. The van der Waals surface area contributed by atoms with Crippen LogP contribution in [0.2, 0.25) is 0 Å². The molecule has 0 radical (unpaired) electrons. The number of likely N-dealkylation sites (tertiary alicyclic amines) is 1. The highest BCUT2D eigenvalue weighted by Crippen LogP contribution is 2.32. The summed E-state index contributed by atoms with van der Waals surface area (Å²) in [6, 6.07) is 7.75. The number of piperidine rings is 1. The number of aromatic nitrogens is 2. The average molecular weight is 402 g/mol. The van der Waals surface area contributed by atoms with Gasteiger partial charge in [0.15, 0.2) is 0 Å². The number of nitrogens with two attached hydrogens (primary N) is 1. The molecule has 0 spiro atoms. The first-order valence-corrected chi connectivity index (χ1v) is 10.2. The highest BCUT2D eigenvalue weighted by molar-refractivity contribution is 8.00. The Morgan fingerprint density at radius 2 is 2.00 bits per heavy atom. The van der Waals surface area contributed by atoms with Gasteiger partial charge in [-0.15, -0.1) is 11.8 Å². The van der Waals surface area contributed by atoms with Gasteiger partial charge in [-0.1, -0.05) is 20.8 Å². The minimum Gasteiger partial charge on any atom is -0.365 e. The van der Waals surface area contributed by atoms with Gasteiger partial charge in [-0.2, -0.15) is 5.10 Å². The number of nitrogens with one attached hydrogen (secondary N) is 2. The maximum Gasteiger partial charge on any atom is 0.321 e. The summed E-state index contributed by atoms with van der Waals surface area (Å²) < 4.78 is 0.143. The van der Waals surface area contributed by atoms with Gasteiger partial charge < -0.3 is 16.0 Å². The molecule has 4 N–H and O–H groups in total. The number of anilines is 1. The first-order chi connectivity index (χ1) is 13.2. The molecule has 0 saturated carbocycles. The van der Waals surface area contributed by atoms with E-state index >= 15 is 0 Å². The number of primary amides is 1. The van der Waals surface area contributed by atoms with E-state index in [-0.39, 0.29) is 16.7 Å². The summed E-state index contributed by atoms with van der Waals surface area (Å²) in [5.41, 5.74) is 7.31. The number of aromatic amines is 1. The number of urea groups is 1. The number of hydrogen-bond acceptors (Lipinski definition) is 4. The third-order valence-electron chi connectivity index (χ3n) is 4.58. The minimum absolute atomic E-state index is 0.0232. The SMILES string of the molecule is CC(C)(C)Sc1ccc(NC(=O)N2CCC[C@@H](c3[nH]ncc3C(N)=O)C2)cc1. The number of amides is 3. The minimum atomic E-state index is -0.501. The summed E-state index contributed by atoms with van der Waals surface area (Å²) in [4.78, 5) is 27.2. The molecule has 2 heterocycles. The zero-order valence-electron chi connectivity index (χ0n) is 16.5. The molecule has 1 fully saturated rings. The zero-order valence-corrected chi connectivity index (χ0v) is 17.3. The molecule has 150 valence electrons. The molecule has 1 saturated heterocycles. The van der Waals surface area contributed by atoms with Crippen LogP contribution in [0.3, 0.4) is 0 Å². The van der Waals surface area contributed by atoms with Crippen molar-refractivity contribution in [2.75, 3.05) is 18.4 Å². The number of nitrogens with zero attached hydrogens (tertiary/aromatic N) is 2. The number of thioether (sulfide) groups is 1. The quantitative estimate of drug-likeness (QED) is 0.678. The highest BCUT2D eigenvalue weighted by atomic mass is 32.2. The topological polar surface area (TPSA) is 104 Å². The van der Waals surface area contributed by atoms with Crippen LogP contribution < -0.4 is 11.1 Å². The maximum atomic E-state index is 12.7. The van der Waals surface area contributed by atoms with Gasteiger partial charge in [-0.25, -0.2) is 4.79 Å². The molecule has 0 aliphatic carbocycles. The molecule has 0 unspecified atom stereocenters. The number of hydrogen-bond donors (Lipinski definition) is 3. The second-order valence-corrected chi connectivity index (χ2v) is 9.92. The van der Waals surface area contributed by atoms with Crippen LogP contribution >= 0.6 is 11.8 Å². The van der Waals surface area contributed by atoms with Gasteiger partial charge >= 0.3 is 6.03 Å². The van der Waals surface area contributed by atoms with Gasteiger partial charge in [0.2, 0.25) is 0 Å². The van der Waals surface area contributed by atoms with Crippen molar-refractivity contribution in [3.05, 3.63) is 41.7 Å². The summed E-state index contributed by atoms with van der Waals surface area (Å²) >= 11 is 1.79. The third-order valence-corrected chi connectivity index (χ3v) is 5.70. The predicted molar refractivity (Wildman–Crippen MR) is 112 cm³/mol. The Balaban J connectivity index is 1.63. The van der Waals surface area contributed by atoms with Crippen LogP contribution in [0.5, 0.6) is 0 Å². The van der Waals surface area contributed by atoms with Crippen molar-refractivity contribution in [3.63, 3.8) is 0 Å². The molecule has 3 rings (SSSR count). The van der Waals surface area contributed by atoms with Crippen LogP contribution in [-0.2, 0) is 0 Å². The van der Waals surface area contributed by atoms with Gasteiger partial charge in [0.25, 0.3) is 5.91 Å². The van der Waals surface area contributed by atoms with E-state index in [1.54, 1.807) is 16.7 Å². The molecule has 1 aliphatic heterocycles. The van der Waals surface area contributed by atoms with Crippen molar-refractivity contribution in [1.29, 1.82) is 0 Å². The van der Waals surface area contributed by atoms with Crippen molar-refractivity contribution in [1.82, 2.24) is 15.1 Å². The molecule has 7 nitrogen and oxygen atoms in total. The fourth-order valence-electron chi connectivity index (χ4n) is 3.36. The maximum absolute atomic E-state index is 12.7. The first kappa shape index (κ1) is 20.3. The molecule has 8 heteroatoms. The van der Waals surface area contributed by atoms with Crippen molar-refractivity contribution in [2.45, 2.75) is 49.2 Å². The summed E-state index contributed by atoms with van der Waals surface area (Å²) in [6.45, 7) is 7.71. The molecular formula is C20H27N5O2S. The Hall–Kier alpha value is -2.48. The van der Waals surface area contributed by atoms with Crippen LogP contribution in [0.4, 0.5) is 10.5 Å². The zero-order chi connectivity index (χ0) is 20.3. The number of carbonyl (C=O) groups excluding carboxylic acids is 2. The average Bonchev–Trinajstić information content (AvgIpc) is 3.12. The molecule has 28 heavy (non-hydrogen) atoms. The second-order valence-electron chi connectivity index (χ2n) is 8.02. The van der Waals surface area contributed by atoms with Crippen LogP contribution in [-0.4, -0.2) is 44.9 Å².